The lowest BCUT2D eigenvalue weighted by molar-refractivity contribution is 0.0248. The lowest BCUT2D eigenvalue weighted by Gasteiger charge is -2.28. The minimum Gasteiger partial charge on any atom is -0.490 e. The van der Waals surface area contributed by atoms with Crippen LogP contribution in [0.5, 0.6) is 5.75 Å². The third-order valence-corrected chi connectivity index (χ3v) is 4.70. The van der Waals surface area contributed by atoms with Crippen LogP contribution in [0.3, 0.4) is 0 Å². The molecule has 1 atom stereocenters. The highest BCUT2D eigenvalue weighted by Gasteiger charge is 2.22. The lowest BCUT2D eigenvalue weighted by Crippen LogP contribution is -2.33. The summed E-state index contributed by atoms with van der Waals surface area (Å²) in [6.07, 6.45) is 2.81. The van der Waals surface area contributed by atoms with Gasteiger partial charge >= 0.3 is 0 Å². The number of thioether (sulfide) groups is 1. The maximum absolute atomic E-state index is 6.22. The molecule has 0 aliphatic carbocycles. The van der Waals surface area contributed by atoms with E-state index in [4.69, 9.17) is 9.47 Å². The number of rotatable bonds is 3. The van der Waals surface area contributed by atoms with Crippen LogP contribution < -0.4 is 10.1 Å². The first-order valence-electron chi connectivity index (χ1n) is 7.09. The van der Waals surface area contributed by atoms with Crippen molar-refractivity contribution in [1.82, 2.24) is 5.32 Å². The fraction of sp³-hybridized carbons (Fsp3) is 0.600. The fourth-order valence-electron chi connectivity index (χ4n) is 2.59. The van der Waals surface area contributed by atoms with Gasteiger partial charge in [-0.05, 0) is 30.4 Å². The third-order valence-electron chi connectivity index (χ3n) is 3.66. The van der Waals surface area contributed by atoms with Gasteiger partial charge in [-0.2, -0.15) is 11.8 Å². The Morgan fingerprint density at radius 3 is 2.84 bits per heavy atom. The average Bonchev–Trinajstić information content (AvgIpc) is 2.50. The van der Waals surface area contributed by atoms with E-state index in [0.717, 1.165) is 38.3 Å². The molecule has 0 aromatic heterocycles. The standard InChI is InChI=1S/C15H21NO2S/c1-2-4-14(18-12-5-9-19-10-6-12)13(3-1)15-11-16-7-8-17-15/h1-4,12,15-16H,5-11H2. The fourth-order valence-corrected chi connectivity index (χ4v) is 3.66. The quantitative estimate of drug-likeness (QED) is 0.921. The summed E-state index contributed by atoms with van der Waals surface area (Å²) in [4.78, 5) is 0. The summed E-state index contributed by atoms with van der Waals surface area (Å²) >= 11 is 2.03. The van der Waals surface area contributed by atoms with Crippen LogP contribution in [-0.4, -0.2) is 37.3 Å². The van der Waals surface area contributed by atoms with Gasteiger partial charge in [-0.3, -0.25) is 0 Å². The van der Waals surface area contributed by atoms with E-state index >= 15 is 0 Å². The highest BCUT2D eigenvalue weighted by atomic mass is 32.2. The maximum atomic E-state index is 6.22. The van der Waals surface area contributed by atoms with E-state index < -0.39 is 0 Å². The summed E-state index contributed by atoms with van der Waals surface area (Å²) in [5.74, 6) is 3.44. The number of ether oxygens (including phenoxy) is 2. The topological polar surface area (TPSA) is 30.5 Å². The van der Waals surface area contributed by atoms with Crippen LogP contribution >= 0.6 is 11.8 Å². The van der Waals surface area contributed by atoms with E-state index in [1.165, 1.54) is 17.1 Å². The van der Waals surface area contributed by atoms with Crippen molar-refractivity contribution in [3.05, 3.63) is 29.8 Å². The molecule has 3 nitrogen and oxygen atoms in total. The van der Waals surface area contributed by atoms with Crippen molar-refractivity contribution in [2.24, 2.45) is 0 Å². The average molecular weight is 279 g/mol. The van der Waals surface area contributed by atoms with Gasteiger partial charge in [-0.25, -0.2) is 0 Å². The molecule has 2 fully saturated rings. The first-order chi connectivity index (χ1) is 9.43. The minimum absolute atomic E-state index is 0.128. The Labute approximate surface area is 119 Å². The summed E-state index contributed by atoms with van der Waals surface area (Å²) in [6, 6.07) is 8.32. The zero-order chi connectivity index (χ0) is 12.9. The van der Waals surface area contributed by atoms with Gasteiger partial charge in [0.2, 0.25) is 0 Å². The number of nitrogens with one attached hydrogen (secondary N) is 1. The number of hydrogen-bond acceptors (Lipinski definition) is 4. The first kappa shape index (κ1) is 13.3. The van der Waals surface area contributed by atoms with E-state index in [2.05, 4.69) is 23.5 Å². The van der Waals surface area contributed by atoms with Crippen LogP contribution in [0.15, 0.2) is 24.3 Å². The molecule has 2 heterocycles. The molecule has 0 amide bonds. The van der Waals surface area contributed by atoms with E-state index in [0.29, 0.717) is 6.10 Å². The Morgan fingerprint density at radius 1 is 1.21 bits per heavy atom. The summed E-state index contributed by atoms with van der Waals surface area (Å²) < 4.78 is 12.1. The van der Waals surface area contributed by atoms with Crippen molar-refractivity contribution in [1.29, 1.82) is 0 Å². The second kappa shape index (κ2) is 6.64. The van der Waals surface area contributed by atoms with Crippen molar-refractivity contribution in [2.45, 2.75) is 25.0 Å². The molecule has 19 heavy (non-hydrogen) atoms. The van der Waals surface area contributed by atoms with Gasteiger partial charge in [0.05, 0.1) is 12.7 Å². The van der Waals surface area contributed by atoms with Crippen molar-refractivity contribution >= 4 is 11.8 Å². The van der Waals surface area contributed by atoms with Gasteiger partial charge in [-0.1, -0.05) is 18.2 Å². The van der Waals surface area contributed by atoms with Crippen LogP contribution in [0.1, 0.15) is 24.5 Å². The van der Waals surface area contributed by atoms with Crippen LogP contribution in [0.4, 0.5) is 0 Å². The van der Waals surface area contributed by atoms with Crippen LogP contribution in [0, 0.1) is 0 Å². The molecule has 1 N–H and O–H groups in total. The molecule has 0 spiro atoms. The van der Waals surface area contributed by atoms with Crippen molar-refractivity contribution in [2.75, 3.05) is 31.2 Å². The molecule has 4 heteroatoms. The molecule has 0 radical (unpaired) electrons. The van der Waals surface area contributed by atoms with Gasteiger partial charge in [-0.15, -0.1) is 0 Å². The van der Waals surface area contributed by atoms with Crippen molar-refractivity contribution < 1.29 is 9.47 Å². The smallest absolute Gasteiger partial charge is 0.125 e. The largest absolute Gasteiger partial charge is 0.490 e. The lowest BCUT2D eigenvalue weighted by atomic mass is 10.1. The van der Waals surface area contributed by atoms with Crippen LogP contribution in [-0.2, 0) is 4.74 Å². The molecular formula is C15H21NO2S. The second-order valence-corrected chi connectivity index (χ2v) is 6.26. The summed E-state index contributed by atoms with van der Waals surface area (Å²) in [6.45, 7) is 2.60. The maximum Gasteiger partial charge on any atom is 0.125 e. The van der Waals surface area contributed by atoms with E-state index in [-0.39, 0.29) is 6.10 Å². The Hall–Kier alpha value is -0.710. The first-order valence-corrected chi connectivity index (χ1v) is 8.24. The molecule has 1 aromatic rings. The highest BCUT2D eigenvalue weighted by Crippen LogP contribution is 2.31. The van der Waals surface area contributed by atoms with Crippen LogP contribution in [0.25, 0.3) is 0 Å². The normalized spacial score (nSPS) is 25.2. The van der Waals surface area contributed by atoms with Gasteiger partial charge in [0, 0.05) is 18.7 Å². The molecule has 2 aliphatic rings. The van der Waals surface area contributed by atoms with Gasteiger partial charge < -0.3 is 14.8 Å². The molecule has 0 bridgehead atoms. The van der Waals surface area contributed by atoms with Gasteiger partial charge in [0.15, 0.2) is 0 Å². The van der Waals surface area contributed by atoms with Gasteiger partial charge in [0.25, 0.3) is 0 Å². The van der Waals surface area contributed by atoms with Crippen molar-refractivity contribution in [3.63, 3.8) is 0 Å². The Balaban J connectivity index is 1.72. The Bertz CT molecular complexity index is 401. The van der Waals surface area contributed by atoms with E-state index in [1.807, 2.05) is 17.8 Å². The third kappa shape index (κ3) is 3.44. The minimum atomic E-state index is 0.128. The number of benzene rings is 1. The molecule has 2 saturated heterocycles. The Morgan fingerprint density at radius 2 is 2.05 bits per heavy atom. The highest BCUT2D eigenvalue weighted by molar-refractivity contribution is 7.99. The van der Waals surface area contributed by atoms with E-state index in [9.17, 15) is 0 Å². The Kier molecular flexibility index (Phi) is 4.64. The molecule has 3 rings (SSSR count). The predicted molar refractivity (Wildman–Crippen MR) is 79.0 cm³/mol. The SMILES string of the molecule is c1ccc(C2CNCCO2)c(OC2CCSCC2)c1. The molecule has 1 aromatic carbocycles. The number of para-hydroxylation sites is 1. The second-order valence-electron chi connectivity index (χ2n) is 5.03. The van der Waals surface area contributed by atoms with E-state index in [1.54, 1.807) is 0 Å². The predicted octanol–water partition coefficient (Wildman–Crippen LogP) is 2.62. The molecule has 2 aliphatic heterocycles. The molecule has 1 unspecified atom stereocenters. The number of hydrogen-bond donors (Lipinski definition) is 1. The summed E-state index contributed by atoms with van der Waals surface area (Å²) in [7, 11) is 0. The zero-order valence-corrected chi connectivity index (χ0v) is 12.0. The van der Waals surface area contributed by atoms with Crippen molar-refractivity contribution in [3.8, 4) is 5.75 Å². The van der Waals surface area contributed by atoms with Gasteiger partial charge in [0.1, 0.15) is 11.9 Å². The molecule has 104 valence electrons. The zero-order valence-electron chi connectivity index (χ0n) is 11.1. The number of morpholine rings is 1. The van der Waals surface area contributed by atoms with Crippen LogP contribution in [0.2, 0.25) is 0 Å². The summed E-state index contributed by atoms with van der Waals surface area (Å²) in [5, 5.41) is 3.38. The monoisotopic (exact) mass is 279 g/mol. The molecular weight excluding hydrogens is 258 g/mol. The summed E-state index contributed by atoms with van der Waals surface area (Å²) in [5.41, 5.74) is 1.19. The molecule has 0 saturated carbocycles.